The highest BCUT2D eigenvalue weighted by Gasteiger charge is 2.01. The van der Waals surface area contributed by atoms with Crippen LogP contribution in [0.5, 0.6) is 0 Å². The van der Waals surface area contributed by atoms with Crippen LogP contribution in [0.3, 0.4) is 0 Å². The molecule has 0 fully saturated rings. The van der Waals surface area contributed by atoms with Crippen molar-refractivity contribution < 1.29 is 0 Å². The third-order valence-corrected chi connectivity index (χ3v) is 2.00. The maximum atomic E-state index is 4.17. The maximum absolute atomic E-state index is 4.17. The van der Waals surface area contributed by atoms with Crippen LogP contribution in [0.4, 0.5) is 5.82 Å². The molecule has 0 unspecified atom stereocenters. The molecule has 3 nitrogen and oxygen atoms in total. The molecule has 0 aliphatic heterocycles. The van der Waals surface area contributed by atoms with Crippen LogP contribution in [0.25, 0.3) is 0 Å². The van der Waals surface area contributed by atoms with Gasteiger partial charge in [0.25, 0.3) is 0 Å². The van der Waals surface area contributed by atoms with E-state index in [9.17, 15) is 0 Å². The average molecular weight is 179 g/mol. The van der Waals surface area contributed by atoms with Gasteiger partial charge in [0.1, 0.15) is 12.1 Å². The van der Waals surface area contributed by atoms with Crippen LogP contribution in [0.15, 0.2) is 18.6 Å². The minimum absolute atomic E-state index is 0.740. The van der Waals surface area contributed by atoms with Crippen molar-refractivity contribution in [3.05, 3.63) is 18.6 Å². The van der Waals surface area contributed by atoms with Crippen molar-refractivity contribution in [1.29, 1.82) is 0 Å². The van der Waals surface area contributed by atoms with Gasteiger partial charge in [-0.2, -0.15) is 0 Å². The summed E-state index contributed by atoms with van der Waals surface area (Å²) in [5, 5.41) is 0. The van der Waals surface area contributed by atoms with E-state index in [1.165, 1.54) is 6.42 Å². The normalized spacial score (nSPS) is 10.5. The second kappa shape index (κ2) is 4.80. The molecule has 0 saturated carbocycles. The van der Waals surface area contributed by atoms with Crippen molar-refractivity contribution in [3.63, 3.8) is 0 Å². The first-order chi connectivity index (χ1) is 6.20. The van der Waals surface area contributed by atoms with E-state index in [1.807, 2.05) is 6.07 Å². The van der Waals surface area contributed by atoms with Crippen LogP contribution in [0.2, 0.25) is 0 Å². The Hall–Kier alpha value is -1.12. The molecule has 3 heteroatoms. The smallest absolute Gasteiger partial charge is 0.131 e. The highest BCUT2D eigenvalue weighted by atomic mass is 15.2. The average Bonchev–Trinajstić information content (AvgIpc) is 2.15. The highest BCUT2D eigenvalue weighted by Crippen LogP contribution is 2.08. The standard InChI is InChI=1S/C10H17N3/c1-9(2)5-7-13(3)10-4-6-11-8-12-10/h4,6,8-9H,5,7H2,1-3H3. The lowest BCUT2D eigenvalue weighted by Gasteiger charge is -2.18. The summed E-state index contributed by atoms with van der Waals surface area (Å²) in [6, 6.07) is 1.93. The Bertz CT molecular complexity index is 233. The largest absolute Gasteiger partial charge is 0.360 e. The van der Waals surface area contributed by atoms with Crippen LogP contribution in [-0.2, 0) is 0 Å². The number of aromatic nitrogens is 2. The zero-order valence-corrected chi connectivity index (χ0v) is 8.57. The molecule has 0 spiro atoms. The van der Waals surface area contributed by atoms with Gasteiger partial charge in [-0.15, -0.1) is 0 Å². The molecular weight excluding hydrogens is 162 g/mol. The van der Waals surface area contributed by atoms with E-state index in [-0.39, 0.29) is 0 Å². The predicted molar refractivity (Wildman–Crippen MR) is 54.8 cm³/mol. The van der Waals surface area contributed by atoms with Crippen LogP contribution in [0.1, 0.15) is 20.3 Å². The number of rotatable bonds is 4. The van der Waals surface area contributed by atoms with Crippen molar-refractivity contribution in [2.24, 2.45) is 5.92 Å². The molecule has 0 bridgehead atoms. The first-order valence-electron chi connectivity index (χ1n) is 4.67. The third kappa shape index (κ3) is 3.40. The summed E-state index contributed by atoms with van der Waals surface area (Å²) in [5.41, 5.74) is 0. The summed E-state index contributed by atoms with van der Waals surface area (Å²) in [7, 11) is 2.06. The summed E-state index contributed by atoms with van der Waals surface area (Å²) < 4.78 is 0. The molecule has 0 radical (unpaired) electrons. The van der Waals surface area contributed by atoms with Gasteiger partial charge in [-0.1, -0.05) is 13.8 Å². The van der Waals surface area contributed by atoms with Gasteiger partial charge in [0, 0.05) is 19.8 Å². The fourth-order valence-corrected chi connectivity index (χ4v) is 1.08. The lowest BCUT2D eigenvalue weighted by atomic mass is 10.1. The summed E-state index contributed by atoms with van der Waals surface area (Å²) in [6.07, 6.45) is 4.55. The van der Waals surface area contributed by atoms with Crippen molar-refractivity contribution in [1.82, 2.24) is 9.97 Å². The Kier molecular flexibility index (Phi) is 3.68. The van der Waals surface area contributed by atoms with Gasteiger partial charge in [0.05, 0.1) is 0 Å². The fraction of sp³-hybridized carbons (Fsp3) is 0.600. The molecular formula is C10H17N3. The summed E-state index contributed by atoms with van der Waals surface area (Å²) in [4.78, 5) is 10.2. The topological polar surface area (TPSA) is 29.0 Å². The Labute approximate surface area is 79.8 Å². The van der Waals surface area contributed by atoms with Gasteiger partial charge in [0.15, 0.2) is 0 Å². The Balaban J connectivity index is 2.44. The lowest BCUT2D eigenvalue weighted by Crippen LogP contribution is -2.20. The number of anilines is 1. The summed E-state index contributed by atoms with van der Waals surface area (Å²) >= 11 is 0. The minimum Gasteiger partial charge on any atom is -0.360 e. The predicted octanol–water partition coefficient (Wildman–Crippen LogP) is 1.96. The first-order valence-corrected chi connectivity index (χ1v) is 4.67. The molecule has 0 atom stereocenters. The van der Waals surface area contributed by atoms with Crippen LogP contribution < -0.4 is 4.90 Å². The molecule has 0 amide bonds. The molecule has 0 aromatic carbocycles. The molecule has 1 heterocycles. The summed E-state index contributed by atoms with van der Waals surface area (Å²) in [5.74, 6) is 1.74. The van der Waals surface area contributed by atoms with E-state index in [0.717, 1.165) is 18.3 Å². The van der Waals surface area contributed by atoms with Gasteiger partial charge in [0.2, 0.25) is 0 Å². The summed E-state index contributed by atoms with van der Waals surface area (Å²) in [6.45, 7) is 5.51. The van der Waals surface area contributed by atoms with E-state index >= 15 is 0 Å². The quantitative estimate of drug-likeness (QED) is 0.707. The second-order valence-corrected chi connectivity index (χ2v) is 3.67. The molecule has 1 aromatic rings. The highest BCUT2D eigenvalue weighted by molar-refractivity contribution is 5.34. The van der Waals surface area contributed by atoms with E-state index in [0.29, 0.717) is 0 Å². The first kappa shape index (κ1) is 9.96. The molecule has 1 rings (SSSR count). The Morgan fingerprint density at radius 2 is 2.23 bits per heavy atom. The lowest BCUT2D eigenvalue weighted by molar-refractivity contribution is 0.583. The van der Waals surface area contributed by atoms with Crippen LogP contribution in [0, 0.1) is 5.92 Å². The maximum Gasteiger partial charge on any atom is 0.131 e. The number of nitrogens with zero attached hydrogens (tertiary/aromatic N) is 3. The monoisotopic (exact) mass is 179 g/mol. The fourth-order valence-electron chi connectivity index (χ4n) is 1.08. The van der Waals surface area contributed by atoms with Crippen molar-refractivity contribution in [2.75, 3.05) is 18.5 Å². The van der Waals surface area contributed by atoms with E-state index in [4.69, 9.17) is 0 Å². The van der Waals surface area contributed by atoms with Gasteiger partial charge < -0.3 is 4.90 Å². The van der Waals surface area contributed by atoms with Crippen molar-refractivity contribution in [2.45, 2.75) is 20.3 Å². The van der Waals surface area contributed by atoms with Gasteiger partial charge >= 0.3 is 0 Å². The second-order valence-electron chi connectivity index (χ2n) is 3.67. The van der Waals surface area contributed by atoms with E-state index in [1.54, 1.807) is 12.5 Å². The minimum atomic E-state index is 0.740. The van der Waals surface area contributed by atoms with Gasteiger partial charge in [-0.25, -0.2) is 9.97 Å². The van der Waals surface area contributed by atoms with Crippen LogP contribution in [-0.4, -0.2) is 23.6 Å². The molecule has 0 aliphatic carbocycles. The Morgan fingerprint density at radius 1 is 1.46 bits per heavy atom. The molecule has 1 aromatic heterocycles. The number of hydrogen-bond donors (Lipinski definition) is 0. The molecule has 72 valence electrons. The van der Waals surface area contributed by atoms with E-state index in [2.05, 4.69) is 35.8 Å². The number of hydrogen-bond acceptors (Lipinski definition) is 3. The molecule has 0 aliphatic rings. The van der Waals surface area contributed by atoms with Gasteiger partial charge in [-0.05, 0) is 18.4 Å². The van der Waals surface area contributed by atoms with Crippen LogP contribution >= 0.6 is 0 Å². The third-order valence-electron chi connectivity index (χ3n) is 2.00. The molecule has 0 saturated heterocycles. The van der Waals surface area contributed by atoms with Gasteiger partial charge in [-0.3, -0.25) is 0 Å². The van der Waals surface area contributed by atoms with Crippen molar-refractivity contribution >= 4 is 5.82 Å². The van der Waals surface area contributed by atoms with Crippen molar-refractivity contribution in [3.8, 4) is 0 Å². The molecule has 13 heavy (non-hydrogen) atoms. The zero-order chi connectivity index (χ0) is 9.68. The SMILES string of the molecule is CC(C)CCN(C)c1ccncn1. The zero-order valence-electron chi connectivity index (χ0n) is 8.57. The van der Waals surface area contributed by atoms with E-state index < -0.39 is 0 Å². The Morgan fingerprint density at radius 3 is 2.77 bits per heavy atom. The molecule has 0 N–H and O–H groups in total.